The van der Waals surface area contributed by atoms with Gasteiger partial charge in [-0.25, -0.2) is 5.01 Å². The smallest absolute Gasteiger partial charge is 0.250 e. The fourth-order valence-electron chi connectivity index (χ4n) is 3.35. The van der Waals surface area contributed by atoms with E-state index in [2.05, 4.69) is 34.6 Å². The van der Waals surface area contributed by atoms with Gasteiger partial charge in [-0.15, -0.1) is 0 Å². The molecule has 3 aromatic rings. The second-order valence-corrected chi connectivity index (χ2v) is 6.97. The molecule has 0 aliphatic carbocycles. The van der Waals surface area contributed by atoms with Crippen molar-refractivity contribution in [1.29, 1.82) is 0 Å². The number of benzene rings is 2. The number of carbonyl (C=O) groups excluding carboxylic acids is 1. The lowest BCUT2D eigenvalue weighted by molar-refractivity contribution is -0.117. The zero-order chi connectivity index (χ0) is 20.2. The predicted octanol–water partition coefficient (Wildman–Crippen LogP) is 2.91. The first-order valence-corrected chi connectivity index (χ1v) is 9.42. The highest BCUT2D eigenvalue weighted by atomic mass is 16.1. The van der Waals surface area contributed by atoms with Crippen molar-refractivity contribution in [3.8, 4) is 11.1 Å². The molecular formula is C23H22N4O2. The molecule has 2 N–H and O–H groups in total. The van der Waals surface area contributed by atoms with Crippen LogP contribution < -0.4 is 15.8 Å². The molecule has 6 heteroatoms. The summed E-state index contributed by atoms with van der Waals surface area (Å²) in [5.41, 5.74) is 3.86. The van der Waals surface area contributed by atoms with Gasteiger partial charge in [0.05, 0.1) is 12.1 Å². The number of hydrogen-bond acceptors (Lipinski definition) is 4. The highest BCUT2D eigenvalue weighted by Gasteiger charge is 2.24. The number of H-pyrrole nitrogens is 1. The number of carbonyl (C=O) groups is 1. The van der Waals surface area contributed by atoms with Crippen molar-refractivity contribution >= 4 is 11.7 Å². The molecule has 0 radical (unpaired) electrons. The lowest BCUT2D eigenvalue weighted by Gasteiger charge is -2.23. The van der Waals surface area contributed by atoms with Gasteiger partial charge in [-0.2, -0.15) is 0 Å². The van der Waals surface area contributed by atoms with Crippen LogP contribution in [0.25, 0.3) is 11.1 Å². The average molecular weight is 386 g/mol. The second-order valence-electron chi connectivity index (χ2n) is 6.97. The van der Waals surface area contributed by atoms with E-state index in [1.165, 1.54) is 12.1 Å². The Hall–Kier alpha value is -3.64. The number of pyridine rings is 1. The quantitative estimate of drug-likeness (QED) is 0.708. The van der Waals surface area contributed by atoms with Crippen molar-refractivity contribution in [2.24, 2.45) is 0 Å². The number of likely N-dealkylation sites (N-methyl/N-ethyl adjacent to an activating group) is 1. The molecule has 0 saturated heterocycles. The highest BCUT2D eigenvalue weighted by Crippen LogP contribution is 2.21. The Bertz CT molecular complexity index is 1100. The normalized spacial score (nSPS) is 14.0. The Morgan fingerprint density at radius 2 is 1.83 bits per heavy atom. The van der Waals surface area contributed by atoms with E-state index < -0.39 is 0 Å². The topological polar surface area (TPSA) is 68.4 Å². The molecule has 2 aromatic carbocycles. The molecule has 6 nitrogen and oxygen atoms in total. The molecule has 29 heavy (non-hydrogen) atoms. The lowest BCUT2D eigenvalue weighted by Crippen LogP contribution is -2.33. The van der Waals surface area contributed by atoms with Gasteiger partial charge >= 0.3 is 0 Å². The average Bonchev–Trinajstić information content (AvgIpc) is 3.15. The molecular weight excluding hydrogens is 364 g/mol. The first-order valence-electron chi connectivity index (χ1n) is 9.42. The van der Waals surface area contributed by atoms with Gasteiger partial charge in [0.1, 0.15) is 5.82 Å². The summed E-state index contributed by atoms with van der Waals surface area (Å²) in [6, 6.07) is 21.3. The number of rotatable bonds is 5. The Kier molecular flexibility index (Phi) is 5.27. The molecule has 1 aliphatic rings. The van der Waals surface area contributed by atoms with Crippen LogP contribution in [-0.4, -0.2) is 29.5 Å². The molecule has 0 spiro atoms. The minimum atomic E-state index is -0.122. The Morgan fingerprint density at radius 3 is 2.62 bits per heavy atom. The first kappa shape index (κ1) is 18.7. The molecule has 0 bridgehead atoms. The van der Waals surface area contributed by atoms with E-state index in [4.69, 9.17) is 0 Å². The highest BCUT2D eigenvalue weighted by molar-refractivity contribution is 5.94. The monoisotopic (exact) mass is 386 g/mol. The van der Waals surface area contributed by atoms with Crippen LogP contribution in [0.5, 0.6) is 0 Å². The van der Waals surface area contributed by atoms with Gasteiger partial charge in [0, 0.05) is 38.1 Å². The molecule has 1 aromatic heterocycles. The maximum Gasteiger partial charge on any atom is 0.250 e. The van der Waals surface area contributed by atoms with Crippen LogP contribution >= 0.6 is 0 Å². The van der Waals surface area contributed by atoms with Gasteiger partial charge in [0.2, 0.25) is 5.91 Å². The number of aromatic amines is 1. The van der Waals surface area contributed by atoms with Crippen molar-refractivity contribution in [2.45, 2.75) is 6.54 Å². The van der Waals surface area contributed by atoms with E-state index in [-0.39, 0.29) is 11.3 Å². The third kappa shape index (κ3) is 4.28. The summed E-state index contributed by atoms with van der Waals surface area (Å²) in [6.07, 6.45) is 3.35. The number of amides is 1. The Balaban J connectivity index is 1.44. The number of aromatic nitrogens is 1. The maximum atomic E-state index is 12.7. The standard InChI is InChI=1S/C23H22N4O2/c1-26-15-20(16-27(26)22-13-21(28)10-11-24-22)23(29)25-14-17-6-5-9-19(12-17)18-7-3-2-4-8-18/h2-13,16H,14-15H2,1H3,(H,24,28)(H,25,29). The summed E-state index contributed by atoms with van der Waals surface area (Å²) in [5, 5.41) is 6.63. The predicted molar refractivity (Wildman–Crippen MR) is 114 cm³/mol. The van der Waals surface area contributed by atoms with Crippen LogP contribution in [0, 0.1) is 0 Å². The first-order chi connectivity index (χ1) is 14.1. The van der Waals surface area contributed by atoms with Crippen molar-refractivity contribution in [3.05, 3.63) is 100 Å². The van der Waals surface area contributed by atoms with Crippen molar-refractivity contribution in [3.63, 3.8) is 0 Å². The fraction of sp³-hybridized carbons (Fsp3) is 0.130. The Morgan fingerprint density at radius 1 is 1.03 bits per heavy atom. The number of nitrogens with one attached hydrogen (secondary N) is 2. The third-order valence-corrected chi connectivity index (χ3v) is 4.83. The van der Waals surface area contributed by atoms with Gasteiger partial charge in [-0.3, -0.25) is 14.6 Å². The van der Waals surface area contributed by atoms with Gasteiger partial charge in [-0.1, -0.05) is 48.5 Å². The zero-order valence-electron chi connectivity index (χ0n) is 16.1. The van der Waals surface area contributed by atoms with Gasteiger partial charge < -0.3 is 10.3 Å². The van der Waals surface area contributed by atoms with Gasteiger partial charge in [0.25, 0.3) is 0 Å². The molecule has 0 unspecified atom stereocenters. The number of nitrogens with zero attached hydrogens (tertiary/aromatic N) is 2. The SMILES string of the molecule is CN1CC(C(=O)NCc2cccc(-c3ccccc3)c2)=CN1c1cc(=O)cc[nH]1. The van der Waals surface area contributed by atoms with Gasteiger partial charge in [0.15, 0.2) is 5.43 Å². The Labute approximate surface area is 169 Å². The molecule has 0 fully saturated rings. The molecule has 1 aliphatic heterocycles. The van der Waals surface area contributed by atoms with Crippen LogP contribution in [0.2, 0.25) is 0 Å². The summed E-state index contributed by atoms with van der Waals surface area (Å²) in [7, 11) is 1.87. The van der Waals surface area contributed by atoms with Gasteiger partial charge in [-0.05, 0) is 22.8 Å². The van der Waals surface area contributed by atoms with Crippen LogP contribution in [-0.2, 0) is 11.3 Å². The van der Waals surface area contributed by atoms with E-state index in [0.717, 1.165) is 16.7 Å². The number of anilines is 1. The summed E-state index contributed by atoms with van der Waals surface area (Å²) in [4.78, 5) is 27.3. The van der Waals surface area contributed by atoms with Crippen LogP contribution in [0.4, 0.5) is 5.82 Å². The molecule has 2 heterocycles. The molecule has 0 saturated carbocycles. The molecule has 0 atom stereocenters. The van der Waals surface area contributed by atoms with Crippen LogP contribution in [0.3, 0.4) is 0 Å². The fourth-order valence-corrected chi connectivity index (χ4v) is 3.35. The maximum absolute atomic E-state index is 12.7. The number of hydrazine groups is 1. The van der Waals surface area contributed by atoms with E-state index in [9.17, 15) is 9.59 Å². The van der Waals surface area contributed by atoms with Crippen molar-refractivity contribution in [1.82, 2.24) is 15.3 Å². The van der Waals surface area contributed by atoms with Crippen LogP contribution in [0.15, 0.2) is 89.5 Å². The number of hydrogen-bond donors (Lipinski definition) is 2. The minimum absolute atomic E-state index is 0.0863. The van der Waals surface area contributed by atoms with E-state index >= 15 is 0 Å². The minimum Gasteiger partial charge on any atom is -0.348 e. The second kappa shape index (κ2) is 8.16. The largest absolute Gasteiger partial charge is 0.348 e. The third-order valence-electron chi connectivity index (χ3n) is 4.83. The summed E-state index contributed by atoms with van der Waals surface area (Å²) < 4.78 is 0. The zero-order valence-corrected chi connectivity index (χ0v) is 16.1. The lowest BCUT2D eigenvalue weighted by atomic mass is 10.0. The van der Waals surface area contributed by atoms with E-state index in [0.29, 0.717) is 24.5 Å². The van der Waals surface area contributed by atoms with Crippen LogP contribution in [0.1, 0.15) is 5.56 Å². The molecule has 1 amide bonds. The van der Waals surface area contributed by atoms with Crippen molar-refractivity contribution < 1.29 is 4.79 Å². The summed E-state index contributed by atoms with van der Waals surface area (Å²) in [5.74, 6) is 0.501. The van der Waals surface area contributed by atoms with Crippen molar-refractivity contribution in [2.75, 3.05) is 18.6 Å². The van der Waals surface area contributed by atoms with E-state index in [1.807, 2.05) is 42.4 Å². The summed E-state index contributed by atoms with van der Waals surface area (Å²) >= 11 is 0. The summed E-state index contributed by atoms with van der Waals surface area (Å²) in [6.45, 7) is 0.912. The molecule has 4 rings (SSSR count). The van der Waals surface area contributed by atoms with E-state index in [1.54, 1.807) is 17.4 Å². The molecule has 146 valence electrons.